The van der Waals surface area contributed by atoms with Crippen LogP contribution in [0.3, 0.4) is 0 Å². The Morgan fingerprint density at radius 1 is 1.50 bits per heavy atom. The molecule has 1 rings (SSSR count). The fourth-order valence-electron chi connectivity index (χ4n) is 1.26. The van der Waals surface area contributed by atoms with Crippen molar-refractivity contribution in [2.24, 2.45) is 7.05 Å². The lowest BCUT2D eigenvalue weighted by Crippen LogP contribution is -2.23. The Morgan fingerprint density at radius 2 is 2.29 bits per heavy atom. The molecule has 0 radical (unpaired) electrons. The molecule has 0 saturated heterocycles. The van der Waals surface area contributed by atoms with Crippen LogP contribution >= 0.6 is 0 Å². The van der Waals surface area contributed by atoms with E-state index in [1.807, 2.05) is 0 Å². The van der Waals surface area contributed by atoms with E-state index in [9.17, 15) is 4.79 Å². The first-order valence-electron chi connectivity index (χ1n) is 5.05. The number of rotatable bonds is 6. The highest BCUT2D eigenvalue weighted by molar-refractivity contribution is 4.64. The van der Waals surface area contributed by atoms with Gasteiger partial charge in [0.1, 0.15) is 6.33 Å². The second-order valence-electron chi connectivity index (χ2n) is 3.31. The summed E-state index contributed by atoms with van der Waals surface area (Å²) >= 11 is 0. The Labute approximate surface area is 83.7 Å². The Hall–Kier alpha value is -1.10. The summed E-state index contributed by atoms with van der Waals surface area (Å²) < 4.78 is 3.00. The molecule has 14 heavy (non-hydrogen) atoms. The van der Waals surface area contributed by atoms with E-state index in [4.69, 9.17) is 0 Å². The molecule has 1 N–H and O–H groups in total. The largest absolute Gasteiger partial charge is 0.345 e. The zero-order valence-corrected chi connectivity index (χ0v) is 8.86. The first-order valence-corrected chi connectivity index (χ1v) is 5.05. The van der Waals surface area contributed by atoms with E-state index in [-0.39, 0.29) is 5.69 Å². The Kier molecular flexibility index (Phi) is 4.39. The maximum Gasteiger partial charge on any atom is 0.345 e. The molecule has 0 aromatic carbocycles. The highest BCUT2D eigenvalue weighted by Crippen LogP contribution is 1.89. The maximum atomic E-state index is 11.3. The lowest BCUT2D eigenvalue weighted by molar-refractivity contribution is 0.523. The molecule has 0 aliphatic rings. The second-order valence-corrected chi connectivity index (χ2v) is 3.31. The molecule has 0 atom stereocenters. The van der Waals surface area contributed by atoms with Crippen molar-refractivity contribution in [3.05, 3.63) is 16.8 Å². The van der Waals surface area contributed by atoms with Crippen molar-refractivity contribution < 1.29 is 0 Å². The predicted molar refractivity (Wildman–Crippen MR) is 55.2 cm³/mol. The van der Waals surface area contributed by atoms with Gasteiger partial charge < -0.3 is 5.32 Å². The minimum atomic E-state index is -0.0338. The van der Waals surface area contributed by atoms with Crippen LogP contribution in [0.4, 0.5) is 0 Å². The normalized spacial score (nSPS) is 10.7. The zero-order valence-electron chi connectivity index (χ0n) is 8.86. The standard InChI is InChI=1S/C9H18N4O/c1-3-10-6-4-5-7-13-9(14)12(2)8-11-13/h8,10H,3-7H2,1-2H3. The Balaban J connectivity index is 2.25. The predicted octanol–water partition coefficient (Wildman–Crippen LogP) is -0.0285. The molecule has 0 saturated carbocycles. The van der Waals surface area contributed by atoms with E-state index < -0.39 is 0 Å². The lowest BCUT2D eigenvalue weighted by Gasteiger charge is -2.01. The highest BCUT2D eigenvalue weighted by Gasteiger charge is 1.99. The molecule has 1 heterocycles. The molecule has 0 aliphatic heterocycles. The van der Waals surface area contributed by atoms with Crippen LogP contribution in [0.5, 0.6) is 0 Å². The van der Waals surface area contributed by atoms with E-state index in [0.29, 0.717) is 6.54 Å². The summed E-state index contributed by atoms with van der Waals surface area (Å²) in [6.45, 7) is 4.82. The van der Waals surface area contributed by atoms with Gasteiger partial charge in [0.15, 0.2) is 0 Å². The maximum absolute atomic E-state index is 11.3. The number of aromatic nitrogens is 3. The molecule has 0 amide bonds. The SMILES string of the molecule is CCNCCCCn1ncn(C)c1=O. The average molecular weight is 198 g/mol. The molecular weight excluding hydrogens is 180 g/mol. The molecule has 5 heteroatoms. The molecule has 0 bridgehead atoms. The van der Waals surface area contributed by atoms with Gasteiger partial charge in [-0.25, -0.2) is 9.48 Å². The summed E-state index contributed by atoms with van der Waals surface area (Å²) in [6.07, 6.45) is 3.62. The van der Waals surface area contributed by atoms with Gasteiger partial charge in [-0.05, 0) is 25.9 Å². The Bertz CT molecular complexity index is 315. The highest BCUT2D eigenvalue weighted by atomic mass is 16.2. The first kappa shape index (κ1) is 11.0. The van der Waals surface area contributed by atoms with Crippen molar-refractivity contribution in [1.82, 2.24) is 19.7 Å². The Morgan fingerprint density at radius 3 is 2.86 bits per heavy atom. The monoisotopic (exact) mass is 198 g/mol. The lowest BCUT2D eigenvalue weighted by atomic mass is 10.3. The fourth-order valence-corrected chi connectivity index (χ4v) is 1.26. The molecule has 0 spiro atoms. The van der Waals surface area contributed by atoms with Crippen molar-refractivity contribution in [1.29, 1.82) is 0 Å². The van der Waals surface area contributed by atoms with Gasteiger partial charge in [-0.15, -0.1) is 0 Å². The summed E-state index contributed by atoms with van der Waals surface area (Å²) in [6, 6.07) is 0. The molecule has 5 nitrogen and oxygen atoms in total. The summed E-state index contributed by atoms with van der Waals surface area (Å²) in [5.74, 6) is 0. The van der Waals surface area contributed by atoms with Gasteiger partial charge in [0.05, 0.1) is 0 Å². The third-order valence-electron chi connectivity index (χ3n) is 2.11. The molecular formula is C9H18N4O. The van der Waals surface area contributed by atoms with Gasteiger partial charge in [0, 0.05) is 13.6 Å². The van der Waals surface area contributed by atoms with E-state index in [1.54, 1.807) is 13.4 Å². The van der Waals surface area contributed by atoms with Gasteiger partial charge in [0.2, 0.25) is 0 Å². The van der Waals surface area contributed by atoms with Gasteiger partial charge in [-0.2, -0.15) is 5.10 Å². The number of hydrogen-bond acceptors (Lipinski definition) is 3. The molecule has 1 aromatic rings. The smallest absolute Gasteiger partial charge is 0.317 e. The van der Waals surface area contributed by atoms with E-state index >= 15 is 0 Å². The molecule has 80 valence electrons. The van der Waals surface area contributed by atoms with Crippen molar-refractivity contribution >= 4 is 0 Å². The van der Waals surface area contributed by atoms with Crippen LogP contribution in [0.1, 0.15) is 19.8 Å². The summed E-state index contributed by atoms with van der Waals surface area (Å²) in [4.78, 5) is 11.3. The van der Waals surface area contributed by atoms with Crippen LogP contribution < -0.4 is 11.0 Å². The number of unbranched alkanes of at least 4 members (excludes halogenated alkanes) is 1. The van der Waals surface area contributed by atoms with Gasteiger partial charge in [-0.1, -0.05) is 6.92 Å². The zero-order chi connectivity index (χ0) is 10.4. The van der Waals surface area contributed by atoms with Crippen LogP contribution in [-0.2, 0) is 13.6 Å². The average Bonchev–Trinajstić information content (AvgIpc) is 2.49. The van der Waals surface area contributed by atoms with Crippen LogP contribution in [0, 0.1) is 0 Å². The third-order valence-corrected chi connectivity index (χ3v) is 2.11. The first-order chi connectivity index (χ1) is 6.75. The van der Waals surface area contributed by atoms with Crippen LogP contribution in [0.15, 0.2) is 11.1 Å². The summed E-state index contributed by atoms with van der Waals surface area (Å²) in [7, 11) is 1.71. The van der Waals surface area contributed by atoms with Crippen molar-refractivity contribution in [3.8, 4) is 0 Å². The van der Waals surface area contributed by atoms with Crippen molar-refractivity contribution in [2.45, 2.75) is 26.3 Å². The number of nitrogens with zero attached hydrogens (tertiary/aromatic N) is 3. The van der Waals surface area contributed by atoms with Gasteiger partial charge >= 0.3 is 5.69 Å². The summed E-state index contributed by atoms with van der Waals surface area (Å²) in [5.41, 5.74) is -0.0338. The molecule has 0 aliphatic carbocycles. The number of hydrogen-bond donors (Lipinski definition) is 1. The minimum Gasteiger partial charge on any atom is -0.317 e. The summed E-state index contributed by atoms with van der Waals surface area (Å²) in [5, 5.41) is 7.22. The van der Waals surface area contributed by atoms with Crippen LogP contribution in [-0.4, -0.2) is 27.4 Å². The van der Waals surface area contributed by atoms with Gasteiger partial charge in [-0.3, -0.25) is 4.57 Å². The van der Waals surface area contributed by atoms with E-state index in [0.717, 1.165) is 25.9 Å². The number of nitrogens with one attached hydrogen (secondary N) is 1. The third kappa shape index (κ3) is 2.99. The number of aryl methyl sites for hydroxylation is 2. The molecule has 0 fully saturated rings. The second kappa shape index (κ2) is 5.59. The van der Waals surface area contributed by atoms with E-state index in [2.05, 4.69) is 17.3 Å². The van der Waals surface area contributed by atoms with Crippen molar-refractivity contribution in [2.75, 3.05) is 13.1 Å². The minimum absolute atomic E-state index is 0.0338. The van der Waals surface area contributed by atoms with Crippen LogP contribution in [0.2, 0.25) is 0 Å². The van der Waals surface area contributed by atoms with Gasteiger partial charge in [0.25, 0.3) is 0 Å². The van der Waals surface area contributed by atoms with Crippen molar-refractivity contribution in [3.63, 3.8) is 0 Å². The van der Waals surface area contributed by atoms with E-state index in [1.165, 1.54) is 9.25 Å². The fraction of sp³-hybridized carbons (Fsp3) is 0.778. The molecule has 0 unspecified atom stereocenters. The molecule has 1 aromatic heterocycles. The van der Waals surface area contributed by atoms with Crippen LogP contribution in [0.25, 0.3) is 0 Å². The topological polar surface area (TPSA) is 51.9 Å². The quantitative estimate of drug-likeness (QED) is 0.653.